The summed E-state index contributed by atoms with van der Waals surface area (Å²) in [6.07, 6.45) is 0.327. The number of benzene rings is 2. The Morgan fingerprint density at radius 3 is 2.56 bits per heavy atom. The number of guanidine groups is 1. The summed E-state index contributed by atoms with van der Waals surface area (Å²) in [5, 5.41) is 21.3. The second-order valence-electron chi connectivity index (χ2n) is 7.76. The Bertz CT molecular complexity index is 1210. The molecule has 3 aromatic rings. The number of rotatable bonds is 9. The molecule has 0 aliphatic rings. The molecule has 0 spiro atoms. The van der Waals surface area contributed by atoms with Crippen LogP contribution in [0.15, 0.2) is 41.4 Å². The highest BCUT2D eigenvalue weighted by Gasteiger charge is 2.20. The molecule has 2 aromatic carbocycles. The zero-order valence-electron chi connectivity index (χ0n) is 18.7. The number of aromatic nitrogens is 2. The van der Waals surface area contributed by atoms with E-state index in [2.05, 4.69) is 20.3 Å². The standard InChI is InChI=1S/C22H25N7O5/c1-12-10-17-18(11-13(12)2)26-19(25-17)14-5-7-15(8-6-14)20(30)27-16(21(31)32)4-3-9-24-22(23)28-29(33)34/h5-8,10-11,16H,3-4,9H2,1-2H3,(H,25,26)(H,27,30)(H,31,32)(H3,23,24,28)/t16-/m0/s1. The van der Waals surface area contributed by atoms with Crippen molar-refractivity contribution in [3.8, 4) is 11.4 Å². The lowest BCUT2D eigenvalue weighted by Gasteiger charge is -2.14. The number of aliphatic imine (C=N–C) groups is 1. The number of carboxylic acid groups (broad SMARTS) is 1. The van der Waals surface area contributed by atoms with Crippen LogP contribution in [-0.4, -0.2) is 50.5 Å². The van der Waals surface area contributed by atoms with Gasteiger partial charge in [-0.3, -0.25) is 4.79 Å². The molecule has 0 aliphatic carbocycles. The third-order valence-electron chi connectivity index (χ3n) is 5.26. The first-order chi connectivity index (χ1) is 16.1. The molecular formula is C22H25N7O5. The minimum atomic E-state index is -1.20. The predicted molar refractivity (Wildman–Crippen MR) is 126 cm³/mol. The van der Waals surface area contributed by atoms with Gasteiger partial charge in [0.25, 0.3) is 11.9 Å². The maximum absolute atomic E-state index is 12.6. The minimum Gasteiger partial charge on any atom is -0.480 e. The fourth-order valence-corrected chi connectivity index (χ4v) is 3.31. The smallest absolute Gasteiger partial charge is 0.326 e. The quantitative estimate of drug-likeness (QED) is 0.104. The molecule has 34 heavy (non-hydrogen) atoms. The maximum atomic E-state index is 12.6. The van der Waals surface area contributed by atoms with Crippen molar-refractivity contribution in [1.82, 2.24) is 20.7 Å². The number of carboxylic acids is 1. The number of hydrogen-bond donors (Lipinski definition) is 5. The number of aryl methyl sites for hydroxylation is 2. The number of amides is 1. The molecule has 0 radical (unpaired) electrons. The second kappa shape index (κ2) is 10.4. The van der Waals surface area contributed by atoms with Crippen molar-refractivity contribution in [1.29, 1.82) is 0 Å². The van der Waals surface area contributed by atoms with E-state index >= 15 is 0 Å². The number of fused-ring (bicyclic) bond motifs is 1. The van der Waals surface area contributed by atoms with Crippen LogP contribution in [0.3, 0.4) is 0 Å². The number of carbonyl (C=O) groups excluding carboxylic acids is 1. The highest BCUT2D eigenvalue weighted by molar-refractivity contribution is 5.97. The van der Waals surface area contributed by atoms with Gasteiger partial charge in [-0.15, -0.1) is 0 Å². The van der Waals surface area contributed by atoms with Crippen LogP contribution < -0.4 is 16.5 Å². The van der Waals surface area contributed by atoms with Crippen LogP contribution in [0.2, 0.25) is 0 Å². The molecule has 0 saturated heterocycles. The molecule has 0 saturated carbocycles. The summed E-state index contributed by atoms with van der Waals surface area (Å²) in [5.74, 6) is -1.44. The molecule has 12 heteroatoms. The summed E-state index contributed by atoms with van der Waals surface area (Å²) in [4.78, 5) is 45.9. The van der Waals surface area contributed by atoms with Gasteiger partial charge in [0.05, 0.1) is 11.0 Å². The first kappa shape index (κ1) is 24.2. The molecule has 1 aromatic heterocycles. The Morgan fingerprint density at radius 1 is 1.24 bits per heavy atom. The molecule has 1 heterocycles. The second-order valence-corrected chi connectivity index (χ2v) is 7.76. The third kappa shape index (κ3) is 6.06. The van der Waals surface area contributed by atoms with Gasteiger partial charge in [-0.05, 0) is 62.1 Å². The topological polar surface area (TPSA) is 189 Å². The maximum Gasteiger partial charge on any atom is 0.326 e. The zero-order chi connectivity index (χ0) is 24.8. The van der Waals surface area contributed by atoms with Crippen molar-refractivity contribution in [2.45, 2.75) is 32.7 Å². The number of hydrogen-bond acceptors (Lipinski definition) is 6. The lowest BCUT2D eigenvalue weighted by atomic mass is 10.1. The summed E-state index contributed by atoms with van der Waals surface area (Å²) in [6.45, 7) is 4.12. The number of carbonyl (C=O) groups is 2. The first-order valence-electron chi connectivity index (χ1n) is 10.5. The van der Waals surface area contributed by atoms with Crippen LogP contribution in [-0.2, 0) is 4.79 Å². The fourth-order valence-electron chi connectivity index (χ4n) is 3.31. The number of nitrogens with two attached hydrogens (primary N) is 1. The number of H-pyrrole nitrogens is 1. The zero-order valence-corrected chi connectivity index (χ0v) is 18.7. The van der Waals surface area contributed by atoms with Gasteiger partial charge in [0, 0.05) is 17.7 Å². The van der Waals surface area contributed by atoms with Gasteiger partial charge >= 0.3 is 5.97 Å². The molecule has 3 rings (SSSR count). The van der Waals surface area contributed by atoms with Crippen molar-refractivity contribution in [2.75, 3.05) is 6.54 Å². The van der Waals surface area contributed by atoms with Crippen molar-refractivity contribution in [3.63, 3.8) is 0 Å². The third-order valence-corrected chi connectivity index (χ3v) is 5.26. The Kier molecular flexibility index (Phi) is 7.41. The SMILES string of the molecule is Cc1cc2nc(-c3ccc(C(=O)N[C@@H](CCCN=C(N)N[N+](=O)[O-])C(=O)O)cc3)[nH]c2cc1C. The molecule has 0 unspecified atom stereocenters. The van der Waals surface area contributed by atoms with Crippen LogP contribution in [0.5, 0.6) is 0 Å². The molecule has 1 atom stereocenters. The van der Waals surface area contributed by atoms with E-state index in [0.29, 0.717) is 11.4 Å². The van der Waals surface area contributed by atoms with E-state index in [9.17, 15) is 24.8 Å². The Morgan fingerprint density at radius 2 is 1.91 bits per heavy atom. The first-order valence-corrected chi connectivity index (χ1v) is 10.5. The number of nitrogens with zero attached hydrogens (tertiary/aromatic N) is 3. The minimum absolute atomic E-state index is 0.0670. The number of hydrazine groups is 1. The van der Waals surface area contributed by atoms with E-state index in [1.807, 2.05) is 26.0 Å². The monoisotopic (exact) mass is 467 g/mol. The van der Waals surface area contributed by atoms with Gasteiger partial charge in [0.1, 0.15) is 11.9 Å². The summed E-state index contributed by atoms with van der Waals surface area (Å²) in [7, 11) is 0. The van der Waals surface area contributed by atoms with E-state index in [0.717, 1.165) is 27.7 Å². The number of aliphatic carboxylic acids is 1. The number of nitro groups is 1. The average molecular weight is 467 g/mol. The number of imidazole rings is 1. The summed E-state index contributed by atoms with van der Waals surface area (Å²) < 4.78 is 0. The van der Waals surface area contributed by atoms with Gasteiger partial charge in [0.15, 0.2) is 5.03 Å². The highest BCUT2D eigenvalue weighted by atomic mass is 16.7. The van der Waals surface area contributed by atoms with Crippen molar-refractivity contribution >= 4 is 28.9 Å². The van der Waals surface area contributed by atoms with Crippen molar-refractivity contribution in [3.05, 3.63) is 63.2 Å². The fraction of sp³-hybridized carbons (Fsp3) is 0.273. The van der Waals surface area contributed by atoms with Gasteiger partial charge in [-0.25, -0.2) is 24.9 Å². The highest BCUT2D eigenvalue weighted by Crippen LogP contribution is 2.23. The van der Waals surface area contributed by atoms with Gasteiger partial charge in [-0.2, -0.15) is 0 Å². The molecule has 178 valence electrons. The molecule has 1 amide bonds. The summed E-state index contributed by atoms with van der Waals surface area (Å²) in [6, 6.07) is 9.58. The van der Waals surface area contributed by atoms with Crippen LogP contribution in [0.4, 0.5) is 0 Å². The van der Waals surface area contributed by atoms with E-state index < -0.39 is 23.0 Å². The largest absolute Gasteiger partial charge is 0.480 e. The van der Waals surface area contributed by atoms with Crippen LogP contribution in [0.1, 0.15) is 34.3 Å². The predicted octanol–water partition coefficient (Wildman–Crippen LogP) is 1.91. The molecule has 0 aliphatic heterocycles. The van der Waals surface area contributed by atoms with Crippen molar-refractivity contribution < 1.29 is 19.7 Å². The number of nitrogens with one attached hydrogen (secondary N) is 3. The van der Waals surface area contributed by atoms with Gasteiger partial charge < -0.3 is 21.1 Å². The lowest BCUT2D eigenvalue weighted by molar-refractivity contribution is -0.525. The Hall–Kier alpha value is -4.48. The normalized spacial score (nSPS) is 12.4. The van der Waals surface area contributed by atoms with E-state index in [4.69, 9.17) is 5.73 Å². The van der Waals surface area contributed by atoms with Gasteiger partial charge in [0.2, 0.25) is 0 Å². The van der Waals surface area contributed by atoms with Crippen LogP contribution in [0, 0.1) is 24.0 Å². The Labute approximate surface area is 194 Å². The molecule has 12 nitrogen and oxygen atoms in total. The molecule has 0 fully saturated rings. The number of aromatic amines is 1. The molecular weight excluding hydrogens is 442 g/mol. The van der Waals surface area contributed by atoms with Crippen LogP contribution in [0.25, 0.3) is 22.4 Å². The summed E-state index contributed by atoms with van der Waals surface area (Å²) >= 11 is 0. The van der Waals surface area contributed by atoms with E-state index in [-0.39, 0.29) is 25.3 Å². The van der Waals surface area contributed by atoms with Crippen molar-refractivity contribution in [2.24, 2.45) is 10.7 Å². The molecule has 0 bridgehead atoms. The lowest BCUT2D eigenvalue weighted by Crippen LogP contribution is -2.41. The average Bonchev–Trinajstić information content (AvgIpc) is 3.18. The summed E-state index contributed by atoms with van der Waals surface area (Å²) in [5.41, 5.74) is 12.2. The van der Waals surface area contributed by atoms with E-state index in [1.54, 1.807) is 29.7 Å². The van der Waals surface area contributed by atoms with Gasteiger partial charge in [-0.1, -0.05) is 17.6 Å². The van der Waals surface area contributed by atoms with E-state index in [1.165, 1.54) is 0 Å². The van der Waals surface area contributed by atoms with Crippen LogP contribution >= 0.6 is 0 Å². The molecule has 6 N–H and O–H groups in total. The Balaban J connectivity index is 1.62.